The molecule has 0 heterocycles. The highest BCUT2D eigenvalue weighted by Crippen LogP contribution is 2.26. The summed E-state index contributed by atoms with van der Waals surface area (Å²) in [6, 6.07) is 0. The lowest BCUT2D eigenvalue weighted by Crippen LogP contribution is -1.73. The van der Waals surface area contributed by atoms with Crippen molar-refractivity contribution in [1.82, 2.24) is 0 Å². The Morgan fingerprint density at radius 3 is 1.75 bits per heavy atom. The SMILES string of the molecule is CC1CC1.CCOC. The molecule has 0 saturated heterocycles. The molecule has 1 aliphatic carbocycles. The van der Waals surface area contributed by atoms with Crippen LogP contribution in [0, 0.1) is 5.92 Å². The van der Waals surface area contributed by atoms with E-state index in [0.29, 0.717) is 0 Å². The van der Waals surface area contributed by atoms with E-state index in [1.54, 1.807) is 7.11 Å². The molecular formula is C7H16O. The summed E-state index contributed by atoms with van der Waals surface area (Å²) >= 11 is 0. The average molecular weight is 116 g/mol. The van der Waals surface area contributed by atoms with Gasteiger partial charge >= 0.3 is 0 Å². The topological polar surface area (TPSA) is 9.23 Å². The van der Waals surface area contributed by atoms with E-state index in [1.807, 2.05) is 6.92 Å². The van der Waals surface area contributed by atoms with Crippen LogP contribution in [0.25, 0.3) is 0 Å². The molecule has 0 aliphatic heterocycles. The molecule has 0 radical (unpaired) electrons. The van der Waals surface area contributed by atoms with Gasteiger partial charge in [0.15, 0.2) is 0 Å². The van der Waals surface area contributed by atoms with Crippen LogP contribution in [0.2, 0.25) is 0 Å². The summed E-state index contributed by atoms with van der Waals surface area (Å²) in [4.78, 5) is 0. The van der Waals surface area contributed by atoms with Crippen molar-refractivity contribution in [3.63, 3.8) is 0 Å². The molecule has 0 spiro atoms. The van der Waals surface area contributed by atoms with Crippen LogP contribution in [0.1, 0.15) is 26.7 Å². The molecule has 0 bridgehead atoms. The van der Waals surface area contributed by atoms with Crippen molar-refractivity contribution in [1.29, 1.82) is 0 Å². The van der Waals surface area contributed by atoms with Crippen molar-refractivity contribution >= 4 is 0 Å². The predicted molar refractivity (Wildman–Crippen MR) is 35.9 cm³/mol. The van der Waals surface area contributed by atoms with Crippen molar-refractivity contribution < 1.29 is 4.74 Å². The van der Waals surface area contributed by atoms with E-state index < -0.39 is 0 Å². The Labute approximate surface area is 52.0 Å². The highest BCUT2D eigenvalue weighted by Gasteiger charge is 2.12. The second kappa shape index (κ2) is 5.10. The largest absolute Gasteiger partial charge is 0.385 e. The first kappa shape index (κ1) is 7.96. The first-order chi connectivity index (χ1) is 3.81. The zero-order chi connectivity index (χ0) is 6.41. The maximum absolute atomic E-state index is 4.54. The zero-order valence-electron chi connectivity index (χ0n) is 6.11. The fraction of sp³-hybridized carbons (Fsp3) is 1.00. The predicted octanol–water partition coefficient (Wildman–Crippen LogP) is 2.07. The minimum Gasteiger partial charge on any atom is -0.385 e. The van der Waals surface area contributed by atoms with Crippen molar-refractivity contribution in [2.45, 2.75) is 26.7 Å². The molecule has 0 amide bonds. The first-order valence-electron chi connectivity index (χ1n) is 3.30. The quantitative estimate of drug-likeness (QED) is 0.509. The van der Waals surface area contributed by atoms with Gasteiger partial charge in [-0.1, -0.05) is 19.8 Å². The molecule has 50 valence electrons. The second-order valence-electron chi connectivity index (χ2n) is 2.26. The minimum atomic E-state index is 0.819. The summed E-state index contributed by atoms with van der Waals surface area (Å²) in [5.74, 6) is 1.08. The molecule has 1 aliphatic rings. The smallest absolute Gasteiger partial charge is 0.0433 e. The molecule has 1 nitrogen and oxygen atoms in total. The summed E-state index contributed by atoms with van der Waals surface area (Å²) in [5.41, 5.74) is 0. The van der Waals surface area contributed by atoms with E-state index in [4.69, 9.17) is 0 Å². The van der Waals surface area contributed by atoms with Gasteiger partial charge in [-0.05, 0) is 12.8 Å². The van der Waals surface area contributed by atoms with E-state index in [-0.39, 0.29) is 0 Å². The average Bonchev–Trinajstić information content (AvgIpc) is 2.52. The second-order valence-corrected chi connectivity index (χ2v) is 2.26. The summed E-state index contributed by atoms with van der Waals surface area (Å²) in [5, 5.41) is 0. The van der Waals surface area contributed by atoms with Gasteiger partial charge in [0.05, 0.1) is 0 Å². The van der Waals surface area contributed by atoms with Crippen molar-refractivity contribution in [2.24, 2.45) is 5.92 Å². The molecule has 8 heavy (non-hydrogen) atoms. The van der Waals surface area contributed by atoms with E-state index in [0.717, 1.165) is 12.5 Å². The molecule has 1 rings (SSSR count). The fourth-order valence-corrected chi connectivity index (χ4v) is 0.167. The lowest BCUT2D eigenvalue weighted by Gasteiger charge is -1.76. The van der Waals surface area contributed by atoms with E-state index in [1.165, 1.54) is 12.8 Å². The van der Waals surface area contributed by atoms with Crippen LogP contribution in [0.15, 0.2) is 0 Å². The summed E-state index contributed by atoms with van der Waals surface area (Å²) in [6.07, 6.45) is 2.97. The molecule has 0 unspecified atom stereocenters. The van der Waals surface area contributed by atoms with Crippen molar-refractivity contribution in [3.05, 3.63) is 0 Å². The van der Waals surface area contributed by atoms with Crippen LogP contribution in [0.5, 0.6) is 0 Å². The van der Waals surface area contributed by atoms with Gasteiger partial charge in [-0.25, -0.2) is 0 Å². The summed E-state index contributed by atoms with van der Waals surface area (Å²) in [6.45, 7) is 5.06. The third-order valence-electron chi connectivity index (χ3n) is 1.15. The Hall–Kier alpha value is -0.0400. The number of methoxy groups -OCH3 is 1. The molecule has 1 saturated carbocycles. The van der Waals surface area contributed by atoms with Crippen molar-refractivity contribution in [3.8, 4) is 0 Å². The molecule has 0 aromatic carbocycles. The fourth-order valence-electron chi connectivity index (χ4n) is 0.167. The van der Waals surface area contributed by atoms with Gasteiger partial charge in [-0.15, -0.1) is 0 Å². The van der Waals surface area contributed by atoms with Crippen LogP contribution >= 0.6 is 0 Å². The Kier molecular flexibility index (Phi) is 5.08. The van der Waals surface area contributed by atoms with Crippen LogP contribution < -0.4 is 0 Å². The number of ether oxygens (including phenoxy) is 1. The molecule has 1 fully saturated rings. The van der Waals surface area contributed by atoms with E-state index in [2.05, 4.69) is 11.7 Å². The normalized spacial score (nSPS) is 16.9. The van der Waals surface area contributed by atoms with Crippen LogP contribution in [0.4, 0.5) is 0 Å². The zero-order valence-corrected chi connectivity index (χ0v) is 6.11. The Morgan fingerprint density at radius 1 is 1.50 bits per heavy atom. The molecule has 1 heteroatoms. The van der Waals surface area contributed by atoms with E-state index in [9.17, 15) is 0 Å². The minimum absolute atomic E-state index is 0.819. The summed E-state index contributed by atoms with van der Waals surface area (Å²) < 4.78 is 4.54. The molecule has 0 N–H and O–H groups in total. The molecule has 0 atom stereocenters. The Balaban J connectivity index is 0.000000122. The van der Waals surface area contributed by atoms with E-state index >= 15 is 0 Å². The van der Waals surface area contributed by atoms with Gasteiger partial charge in [-0.3, -0.25) is 0 Å². The number of hydrogen-bond acceptors (Lipinski definition) is 1. The van der Waals surface area contributed by atoms with Crippen LogP contribution in [-0.2, 0) is 4.74 Å². The number of hydrogen-bond donors (Lipinski definition) is 0. The van der Waals surface area contributed by atoms with Crippen molar-refractivity contribution in [2.75, 3.05) is 13.7 Å². The monoisotopic (exact) mass is 116 g/mol. The first-order valence-corrected chi connectivity index (χ1v) is 3.30. The lowest BCUT2D eigenvalue weighted by molar-refractivity contribution is 0.215. The number of rotatable bonds is 1. The third kappa shape index (κ3) is 9.35. The van der Waals surface area contributed by atoms with Crippen LogP contribution in [-0.4, -0.2) is 13.7 Å². The van der Waals surface area contributed by atoms with Gasteiger partial charge in [0.2, 0.25) is 0 Å². The third-order valence-corrected chi connectivity index (χ3v) is 1.15. The van der Waals surface area contributed by atoms with Gasteiger partial charge < -0.3 is 4.74 Å². The molecule has 0 aromatic heterocycles. The Bertz CT molecular complexity index is 37.7. The highest BCUT2D eigenvalue weighted by molar-refractivity contribution is 4.65. The standard InChI is InChI=1S/C4H8.C3H8O/c1-4-2-3-4;1-3-4-2/h4H,2-3H2,1H3;3H2,1-2H3. The lowest BCUT2D eigenvalue weighted by atomic mass is 10.5. The highest BCUT2D eigenvalue weighted by atomic mass is 16.5. The summed E-state index contributed by atoms with van der Waals surface area (Å²) in [7, 11) is 1.68. The van der Waals surface area contributed by atoms with Crippen LogP contribution in [0.3, 0.4) is 0 Å². The molecular weight excluding hydrogens is 100 g/mol. The maximum atomic E-state index is 4.54. The maximum Gasteiger partial charge on any atom is 0.0433 e. The molecule has 0 aromatic rings. The van der Waals surface area contributed by atoms with Gasteiger partial charge in [0, 0.05) is 13.7 Å². The van der Waals surface area contributed by atoms with Gasteiger partial charge in [0.25, 0.3) is 0 Å². The van der Waals surface area contributed by atoms with Gasteiger partial charge in [-0.2, -0.15) is 0 Å². The Morgan fingerprint density at radius 2 is 1.75 bits per heavy atom. The van der Waals surface area contributed by atoms with Gasteiger partial charge in [0.1, 0.15) is 0 Å².